The number of amides is 2. The predicted octanol–water partition coefficient (Wildman–Crippen LogP) is 5.94. The third-order valence-corrected chi connectivity index (χ3v) is 7.29. The molecule has 33 heavy (non-hydrogen) atoms. The number of hydrogen-bond acceptors (Lipinski definition) is 6. The van der Waals surface area contributed by atoms with Crippen molar-refractivity contribution >= 4 is 40.4 Å². The molecule has 2 aromatic rings. The zero-order valence-electron chi connectivity index (χ0n) is 19.2. The van der Waals surface area contributed by atoms with Gasteiger partial charge in [0, 0.05) is 29.9 Å². The molecule has 172 valence electrons. The fourth-order valence-electron chi connectivity index (χ4n) is 4.89. The Kier molecular flexibility index (Phi) is 6.05. The third kappa shape index (κ3) is 4.39. The van der Waals surface area contributed by atoms with Gasteiger partial charge >= 0.3 is 0 Å². The average Bonchev–Trinajstić information content (AvgIpc) is 3.01. The van der Waals surface area contributed by atoms with E-state index in [1.54, 1.807) is 18.2 Å². The number of anilines is 1. The van der Waals surface area contributed by atoms with Gasteiger partial charge in [-0.25, -0.2) is 0 Å². The summed E-state index contributed by atoms with van der Waals surface area (Å²) < 4.78 is 0. The molecule has 8 heteroatoms. The minimum atomic E-state index is -0.479. The zero-order chi connectivity index (χ0) is 23.9. The van der Waals surface area contributed by atoms with Crippen molar-refractivity contribution in [1.82, 2.24) is 4.90 Å². The largest absolute Gasteiger partial charge is 0.366 e. The summed E-state index contributed by atoms with van der Waals surface area (Å²) in [5.74, 6) is 0.0498. The quantitative estimate of drug-likeness (QED) is 0.308. The van der Waals surface area contributed by atoms with Crippen molar-refractivity contribution in [2.75, 3.05) is 11.4 Å². The fraction of sp³-hybridized carbons (Fsp3) is 0.360. The first kappa shape index (κ1) is 23.0. The summed E-state index contributed by atoms with van der Waals surface area (Å²) >= 11 is 0.927. The van der Waals surface area contributed by atoms with Crippen LogP contribution in [-0.4, -0.2) is 33.1 Å². The molecule has 2 aliphatic rings. The second kappa shape index (κ2) is 8.67. The number of nitro benzene ring substituents is 1. The monoisotopic (exact) mass is 465 g/mol. The van der Waals surface area contributed by atoms with Crippen LogP contribution in [0.3, 0.4) is 0 Å². The van der Waals surface area contributed by atoms with Crippen LogP contribution in [0.5, 0.6) is 0 Å². The summed E-state index contributed by atoms with van der Waals surface area (Å²) in [4.78, 5) is 39.8. The summed E-state index contributed by atoms with van der Waals surface area (Å²) in [6.07, 6.45) is 2.83. The lowest BCUT2D eigenvalue weighted by molar-refractivity contribution is -0.384. The lowest BCUT2D eigenvalue weighted by Crippen LogP contribution is -2.48. The first-order valence-electron chi connectivity index (χ1n) is 11.0. The molecule has 4 rings (SSSR count). The third-order valence-electron chi connectivity index (χ3n) is 6.39. The van der Waals surface area contributed by atoms with Gasteiger partial charge in [-0.15, -0.1) is 0 Å². The van der Waals surface area contributed by atoms with Crippen LogP contribution in [-0.2, 0) is 11.3 Å². The molecular formula is C25H27N3O4S. The summed E-state index contributed by atoms with van der Waals surface area (Å²) in [6, 6.07) is 12.1. The SMILES string of the molecule is CCN1c2ccc(/C=C3\SC(=O)N(Cc4ccc([N+](=O)[O-])cc4)C3=O)cc2[C@@H](C)CC1(C)C. The maximum Gasteiger partial charge on any atom is 0.293 e. The average molecular weight is 466 g/mol. The van der Waals surface area contributed by atoms with E-state index in [0.29, 0.717) is 16.4 Å². The molecule has 2 aliphatic heterocycles. The fourth-order valence-corrected chi connectivity index (χ4v) is 5.73. The maximum absolute atomic E-state index is 12.9. The van der Waals surface area contributed by atoms with Gasteiger partial charge in [0.2, 0.25) is 0 Å². The molecule has 1 fully saturated rings. The Hall–Kier alpha value is -3.13. The van der Waals surface area contributed by atoms with E-state index in [1.165, 1.54) is 28.3 Å². The normalized spacial score (nSPS) is 21.0. The molecule has 2 heterocycles. The summed E-state index contributed by atoms with van der Waals surface area (Å²) in [5.41, 5.74) is 4.11. The van der Waals surface area contributed by atoms with E-state index in [-0.39, 0.29) is 28.9 Å². The highest BCUT2D eigenvalue weighted by Gasteiger charge is 2.37. The Bertz CT molecular complexity index is 1160. The molecule has 0 unspecified atom stereocenters. The van der Waals surface area contributed by atoms with Crippen LogP contribution in [0, 0.1) is 10.1 Å². The van der Waals surface area contributed by atoms with Gasteiger partial charge in [0.25, 0.3) is 16.8 Å². The van der Waals surface area contributed by atoms with Gasteiger partial charge in [0.05, 0.1) is 16.4 Å². The Morgan fingerprint density at radius 1 is 1.18 bits per heavy atom. The van der Waals surface area contributed by atoms with Crippen LogP contribution < -0.4 is 4.90 Å². The van der Waals surface area contributed by atoms with Gasteiger partial charge in [-0.05, 0) is 79.8 Å². The van der Waals surface area contributed by atoms with Crippen LogP contribution in [0.15, 0.2) is 47.4 Å². The Labute approximate surface area is 197 Å². The van der Waals surface area contributed by atoms with Crippen LogP contribution in [0.25, 0.3) is 6.08 Å². The number of carbonyl (C=O) groups excluding carboxylic acids is 2. The number of nitrogens with zero attached hydrogens (tertiary/aromatic N) is 3. The summed E-state index contributed by atoms with van der Waals surface area (Å²) in [6.45, 7) is 9.94. The minimum Gasteiger partial charge on any atom is -0.366 e. The van der Waals surface area contributed by atoms with Gasteiger partial charge in [-0.1, -0.05) is 25.1 Å². The minimum absolute atomic E-state index is 0.0283. The molecule has 7 nitrogen and oxygen atoms in total. The molecule has 0 aliphatic carbocycles. The molecule has 1 saturated heterocycles. The highest BCUT2D eigenvalue weighted by atomic mass is 32.2. The molecule has 0 bridgehead atoms. The highest BCUT2D eigenvalue weighted by molar-refractivity contribution is 8.18. The molecule has 0 N–H and O–H groups in total. The van der Waals surface area contributed by atoms with E-state index in [0.717, 1.165) is 30.3 Å². The molecular weight excluding hydrogens is 438 g/mol. The lowest BCUT2D eigenvalue weighted by Gasteiger charge is -2.47. The Balaban J connectivity index is 1.56. The maximum atomic E-state index is 12.9. The molecule has 0 aromatic heterocycles. The number of carbonyl (C=O) groups is 2. The van der Waals surface area contributed by atoms with Gasteiger partial charge < -0.3 is 4.90 Å². The van der Waals surface area contributed by atoms with Crippen molar-refractivity contribution in [3.05, 3.63) is 74.2 Å². The first-order chi connectivity index (χ1) is 15.6. The molecule has 1 atom stereocenters. The Morgan fingerprint density at radius 3 is 2.52 bits per heavy atom. The first-order valence-corrected chi connectivity index (χ1v) is 11.8. The zero-order valence-corrected chi connectivity index (χ0v) is 20.0. The van der Waals surface area contributed by atoms with E-state index in [1.807, 2.05) is 6.07 Å². The van der Waals surface area contributed by atoms with Crippen LogP contribution in [0.2, 0.25) is 0 Å². The van der Waals surface area contributed by atoms with Crippen molar-refractivity contribution in [2.45, 2.75) is 52.1 Å². The van der Waals surface area contributed by atoms with Crippen molar-refractivity contribution < 1.29 is 14.5 Å². The number of hydrogen-bond donors (Lipinski definition) is 0. The molecule has 0 saturated carbocycles. The number of imide groups is 1. The number of fused-ring (bicyclic) bond motifs is 1. The van der Waals surface area contributed by atoms with E-state index < -0.39 is 4.92 Å². The van der Waals surface area contributed by atoms with Gasteiger partial charge in [0.15, 0.2) is 0 Å². The van der Waals surface area contributed by atoms with Crippen molar-refractivity contribution in [2.24, 2.45) is 0 Å². The van der Waals surface area contributed by atoms with Crippen LogP contribution >= 0.6 is 11.8 Å². The summed E-state index contributed by atoms with van der Waals surface area (Å²) in [7, 11) is 0. The van der Waals surface area contributed by atoms with Crippen LogP contribution in [0.1, 0.15) is 56.7 Å². The Morgan fingerprint density at radius 2 is 1.88 bits per heavy atom. The molecule has 0 radical (unpaired) electrons. The second-order valence-corrected chi connectivity index (χ2v) is 10.2. The number of non-ortho nitro benzene ring substituents is 1. The van der Waals surface area contributed by atoms with Gasteiger partial charge in [0.1, 0.15) is 0 Å². The highest BCUT2D eigenvalue weighted by Crippen LogP contribution is 2.44. The van der Waals surface area contributed by atoms with Crippen molar-refractivity contribution in [3.8, 4) is 0 Å². The van der Waals surface area contributed by atoms with Crippen LogP contribution in [0.4, 0.5) is 16.2 Å². The smallest absolute Gasteiger partial charge is 0.293 e. The van der Waals surface area contributed by atoms with E-state index >= 15 is 0 Å². The van der Waals surface area contributed by atoms with Gasteiger partial charge in [-0.3, -0.25) is 24.6 Å². The predicted molar refractivity (Wildman–Crippen MR) is 131 cm³/mol. The molecule has 2 amide bonds. The van der Waals surface area contributed by atoms with Crippen molar-refractivity contribution in [1.29, 1.82) is 0 Å². The number of benzene rings is 2. The van der Waals surface area contributed by atoms with E-state index in [9.17, 15) is 19.7 Å². The van der Waals surface area contributed by atoms with E-state index in [4.69, 9.17) is 0 Å². The molecule has 2 aromatic carbocycles. The van der Waals surface area contributed by atoms with Gasteiger partial charge in [-0.2, -0.15) is 0 Å². The lowest BCUT2D eigenvalue weighted by atomic mass is 9.79. The van der Waals surface area contributed by atoms with Crippen molar-refractivity contribution in [3.63, 3.8) is 0 Å². The summed E-state index contributed by atoms with van der Waals surface area (Å²) in [5, 5.41) is 10.5. The topological polar surface area (TPSA) is 83.8 Å². The number of rotatable bonds is 5. The second-order valence-electron chi connectivity index (χ2n) is 9.17. The number of thioether (sulfide) groups is 1. The molecule has 0 spiro atoms. The van der Waals surface area contributed by atoms with E-state index in [2.05, 4.69) is 44.7 Å². The standard InChI is InChI=1S/C25H27N3O4S/c1-5-27-21-11-8-18(12-20(21)16(2)14-25(27,3)4)13-22-23(29)26(24(30)33-22)15-17-6-9-19(10-7-17)28(31)32/h6-13,16H,5,14-15H2,1-4H3/b22-13-/t16-/m0/s1. The number of nitro groups is 1.